The first kappa shape index (κ1) is 9.98. The number of aromatic nitrogens is 3. The van der Waals surface area contributed by atoms with Crippen LogP contribution in [0.3, 0.4) is 0 Å². The Bertz CT molecular complexity index is 664. The summed E-state index contributed by atoms with van der Waals surface area (Å²) in [6, 6.07) is 7.56. The molecule has 0 spiro atoms. The van der Waals surface area contributed by atoms with Gasteiger partial charge in [-0.15, -0.1) is 11.3 Å². The fraction of sp³-hybridized carbons (Fsp3) is 0. The van der Waals surface area contributed by atoms with E-state index >= 15 is 0 Å². The van der Waals surface area contributed by atoms with E-state index in [1.807, 2.05) is 23.7 Å². The van der Waals surface area contributed by atoms with Gasteiger partial charge in [-0.2, -0.15) is 4.98 Å². The maximum atomic E-state index is 5.59. The normalized spacial score (nSPS) is 10.6. The average Bonchev–Trinajstić information content (AvgIpc) is 2.76. The highest BCUT2D eigenvalue weighted by molar-refractivity contribution is 7.16. The third-order valence-electron chi connectivity index (χ3n) is 2.26. The van der Waals surface area contributed by atoms with E-state index in [-0.39, 0.29) is 0 Å². The number of benzene rings is 1. The zero-order valence-electron chi connectivity index (χ0n) is 8.79. The first-order valence-electron chi connectivity index (χ1n) is 5.00. The minimum atomic E-state index is 0.446. The number of rotatable bonds is 2. The quantitative estimate of drug-likeness (QED) is 0.722. The molecule has 3 aromatic rings. The fourth-order valence-electron chi connectivity index (χ4n) is 1.49. The van der Waals surface area contributed by atoms with Crippen molar-refractivity contribution in [2.45, 2.75) is 0 Å². The molecule has 0 aliphatic rings. The molecule has 3 N–H and O–H groups in total. The van der Waals surface area contributed by atoms with Crippen molar-refractivity contribution in [1.82, 2.24) is 15.0 Å². The highest BCUT2D eigenvalue weighted by Gasteiger charge is 2.01. The number of nitrogens with one attached hydrogen (secondary N) is 1. The van der Waals surface area contributed by atoms with Gasteiger partial charge in [0.1, 0.15) is 5.82 Å². The Kier molecular flexibility index (Phi) is 2.34. The second-order valence-corrected chi connectivity index (χ2v) is 4.35. The highest BCUT2D eigenvalue weighted by atomic mass is 32.1. The minimum absolute atomic E-state index is 0.446. The molecule has 0 fully saturated rings. The number of hydrogen-bond acceptors (Lipinski definition) is 6. The number of nitrogen functional groups attached to an aromatic ring is 1. The number of anilines is 3. The molecule has 0 amide bonds. The molecule has 0 saturated heterocycles. The Balaban J connectivity index is 1.94. The summed E-state index contributed by atoms with van der Waals surface area (Å²) in [7, 11) is 0. The van der Waals surface area contributed by atoms with Gasteiger partial charge >= 0.3 is 0 Å². The first-order valence-corrected chi connectivity index (χ1v) is 5.88. The Morgan fingerprint density at radius 3 is 3.00 bits per heavy atom. The van der Waals surface area contributed by atoms with Crippen LogP contribution < -0.4 is 11.1 Å². The lowest BCUT2D eigenvalue weighted by Crippen LogP contribution is -1.99. The molecule has 0 aliphatic carbocycles. The van der Waals surface area contributed by atoms with Gasteiger partial charge in [0.25, 0.3) is 0 Å². The topological polar surface area (TPSA) is 76.7 Å². The van der Waals surface area contributed by atoms with Crippen LogP contribution >= 0.6 is 11.3 Å². The lowest BCUT2D eigenvalue weighted by atomic mass is 10.3. The van der Waals surface area contributed by atoms with Crippen LogP contribution in [-0.2, 0) is 0 Å². The molecule has 0 radical (unpaired) electrons. The number of hydrogen-bond donors (Lipinski definition) is 2. The molecule has 0 aliphatic heterocycles. The van der Waals surface area contributed by atoms with Crippen LogP contribution in [0.5, 0.6) is 0 Å². The van der Waals surface area contributed by atoms with E-state index in [0.717, 1.165) is 15.9 Å². The third-order valence-corrected chi connectivity index (χ3v) is 3.06. The largest absolute Gasteiger partial charge is 0.384 e. The molecule has 2 heterocycles. The Morgan fingerprint density at radius 1 is 1.18 bits per heavy atom. The summed E-state index contributed by atoms with van der Waals surface area (Å²) in [5.41, 5.74) is 9.33. The predicted octanol–water partition coefficient (Wildman–Crippen LogP) is 2.41. The van der Waals surface area contributed by atoms with Crippen molar-refractivity contribution in [1.29, 1.82) is 0 Å². The lowest BCUT2D eigenvalue weighted by molar-refractivity contribution is 1.17. The summed E-state index contributed by atoms with van der Waals surface area (Å²) in [5, 5.41) is 3.10. The molecule has 0 saturated carbocycles. The summed E-state index contributed by atoms with van der Waals surface area (Å²) in [5.74, 6) is 0.940. The standard InChI is InChI=1S/C11H9N5S/c12-10-3-4-13-11(16-10)15-7-1-2-8-9(5-7)17-6-14-8/h1-6H,(H3,12,13,15,16). The van der Waals surface area contributed by atoms with E-state index in [1.165, 1.54) is 0 Å². The van der Waals surface area contributed by atoms with Gasteiger partial charge in [-0.1, -0.05) is 0 Å². The van der Waals surface area contributed by atoms with Crippen LogP contribution in [0.2, 0.25) is 0 Å². The SMILES string of the molecule is Nc1ccnc(Nc2ccc3ncsc3c2)n1. The molecule has 6 heteroatoms. The van der Waals surface area contributed by atoms with E-state index in [1.54, 1.807) is 23.6 Å². The van der Waals surface area contributed by atoms with Gasteiger partial charge < -0.3 is 11.1 Å². The zero-order chi connectivity index (χ0) is 11.7. The van der Waals surface area contributed by atoms with Gasteiger partial charge in [0.05, 0.1) is 15.7 Å². The minimum Gasteiger partial charge on any atom is -0.384 e. The van der Waals surface area contributed by atoms with Gasteiger partial charge in [0.15, 0.2) is 0 Å². The Morgan fingerprint density at radius 2 is 2.12 bits per heavy atom. The molecule has 5 nitrogen and oxygen atoms in total. The molecule has 0 bridgehead atoms. The van der Waals surface area contributed by atoms with E-state index < -0.39 is 0 Å². The van der Waals surface area contributed by atoms with Gasteiger partial charge in [-0.25, -0.2) is 9.97 Å². The molecule has 84 valence electrons. The van der Waals surface area contributed by atoms with Crippen molar-refractivity contribution in [3.05, 3.63) is 36.0 Å². The van der Waals surface area contributed by atoms with Crippen LogP contribution in [0.25, 0.3) is 10.2 Å². The second kappa shape index (κ2) is 3.99. The van der Waals surface area contributed by atoms with Crippen LogP contribution in [-0.4, -0.2) is 15.0 Å². The summed E-state index contributed by atoms with van der Waals surface area (Å²) < 4.78 is 1.12. The number of nitrogens with two attached hydrogens (primary N) is 1. The first-order chi connectivity index (χ1) is 8.31. The third kappa shape index (κ3) is 2.02. The van der Waals surface area contributed by atoms with E-state index in [4.69, 9.17) is 5.73 Å². The summed E-state index contributed by atoms with van der Waals surface area (Å²) in [6.45, 7) is 0. The van der Waals surface area contributed by atoms with E-state index in [2.05, 4.69) is 20.3 Å². The molecule has 0 atom stereocenters. The Hall–Kier alpha value is -2.21. The van der Waals surface area contributed by atoms with Gasteiger partial charge in [0.2, 0.25) is 5.95 Å². The van der Waals surface area contributed by atoms with Crippen molar-refractivity contribution >= 4 is 39.0 Å². The van der Waals surface area contributed by atoms with Gasteiger partial charge in [0, 0.05) is 11.9 Å². The molecular formula is C11H9N5S. The molecule has 3 rings (SSSR count). The number of fused-ring (bicyclic) bond motifs is 1. The lowest BCUT2D eigenvalue weighted by Gasteiger charge is -2.04. The molecule has 17 heavy (non-hydrogen) atoms. The molecule has 1 aromatic carbocycles. The van der Waals surface area contributed by atoms with Gasteiger partial charge in [-0.05, 0) is 24.3 Å². The van der Waals surface area contributed by atoms with Gasteiger partial charge in [-0.3, -0.25) is 0 Å². The van der Waals surface area contributed by atoms with Crippen molar-refractivity contribution in [2.24, 2.45) is 0 Å². The van der Waals surface area contributed by atoms with E-state index in [0.29, 0.717) is 11.8 Å². The van der Waals surface area contributed by atoms with Crippen LogP contribution in [0.1, 0.15) is 0 Å². The van der Waals surface area contributed by atoms with Crippen LogP contribution in [0.15, 0.2) is 36.0 Å². The smallest absolute Gasteiger partial charge is 0.229 e. The van der Waals surface area contributed by atoms with Crippen molar-refractivity contribution in [2.75, 3.05) is 11.1 Å². The summed E-state index contributed by atoms with van der Waals surface area (Å²) >= 11 is 1.60. The number of nitrogens with zero attached hydrogens (tertiary/aromatic N) is 3. The average molecular weight is 243 g/mol. The van der Waals surface area contributed by atoms with Crippen LogP contribution in [0, 0.1) is 0 Å². The molecule has 2 aromatic heterocycles. The van der Waals surface area contributed by atoms with E-state index in [9.17, 15) is 0 Å². The van der Waals surface area contributed by atoms with Crippen molar-refractivity contribution in [3.8, 4) is 0 Å². The predicted molar refractivity (Wildman–Crippen MR) is 69.3 cm³/mol. The maximum absolute atomic E-state index is 5.59. The number of thiazole rings is 1. The zero-order valence-corrected chi connectivity index (χ0v) is 9.61. The summed E-state index contributed by atoms with van der Waals surface area (Å²) in [6.07, 6.45) is 1.62. The molecule has 0 unspecified atom stereocenters. The fourth-order valence-corrected chi connectivity index (χ4v) is 2.21. The molecular weight excluding hydrogens is 234 g/mol. The van der Waals surface area contributed by atoms with Crippen molar-refractivity contribution in [3.63, 3.8) is 0 Å². The Labute approximate surface area is 101 Å². The monoisotopic (exact) mass is 243 g/mol. The maximum Gasteiger partial charge on any atom is 0.229 e. The summed E-state index contributed by atoms with van der Waals surface area (Å²) in [4.78, 5) is 12.4. The van der Waals surface area contributed by atoms with Crippen LogP contribution in [0.4, 0.5) is 17.5 Å². The second-order valence-electron chi connectivity index (χ2n) is 3.46. The van der Waals surface area contributed by atoms with Crippen molar-refractivity contribution < 1.29 is 0 Å². The highest BCUT2D eigenvalue weighted by Crippen LogP contribution is 2.23.